The lowest BCUT2D eigenvalue weighted by Gasteiger charge is -2.16. The lowest BCUT2D eigenvalue weighted by molar-refractivity contribution is -0.108. The zero-order valence-electron chi connectivity index (χ0n) is 11.7. The number of carbonyl (C=O) groups is 1. The van der Waals surface area contributed by atoms with Crippen molar-refractivity contribution in [2.45, 2.75) is 26.2 Å². The second-order valence-corrected chi connectivity index (χ2v) is 5.22. The van der Waals surface area contributed by atoms with E-state index in [0.717, 1.165) is 35.1 Å². The van der Waals surface area contributed by atoms with Gasteiger partial charge in [-0.05, 0) is 30.5 Å². The van der Waals surface area contributed by atoms with Gasteiger partial charge in [-0.2, -0.15) is 0 Å². The SMILES string of the molecule is COCCCOc1c(C)cc(C(C=O)CBr)cc1C. The number of halogens is 1. The number of hydrogen-bond acceptors (Lipinski definition) is 3. The fraction of sp³-hybridized carbons (Fsp3) is 0.533. The van der Waals surface area contributed by atoms with Gasteiger partial charge in [0.2, 0.25) is 0 Å². The molecule has 4 heteroatoms. The first-order valence-electron chi connectivity index (χ1n) is 6.38. The largest absolute Gasteiger partial charge is 0.493 e. The number of hydrogen-bond donors (Lipinski definition) is 0. The van der Waals surface area contributed by atoms with Gasteiger partial charge in [-0.15, -0.1) is 0 Å². The monoisotopic (exact) mass is 328 g/mol. The molecular weight excluding hydrogens is 308 g/mol. The first kappa shape index (κ1) is 16.2. The van der Waals surface area contributed by atoms with Gasteiger partial charge in [-0.1, -0.05) is 28.1 Å². The number of alkyl halides is 1. The standard InChI is InChI=1S/C15H21BrO3/c1-11-7-13(14(9-16)10-17)8-12(2)15(11)19-6-4-5-18-3/h7-8,10,14H,4-6,9H2,1-3H3. The number of aryl methyl sites for hydroxylation is 2. The lowest BCUT2D eigenvalue weighted by atomic mass is 9.97. The predicted molar refractivity (Wildman–Crippen MR) is 80.5 cm³/mol. The van der Waals surface area contributed by atoms with Crippen molar-refractivity contribution in [3.05, 3.63) is 28.8 Å². The third-order valence-electron chi connectivity index (χ3n) is 2.98. The molecule has 1 rings (SSSR count). The van der Waals surface area contributed by atoms with Gasteiger partial charge in [0, 0.05) is 31.4 Å². The van der Waals surface area contributed by atoms with Gasteiger partial charge in [0.25, 0.3) is 0 Å². The second kappa shape index (κ2) is 8.33. The molecule has 1 aromatic rings. The smallest absolute Gasteiger partial charge is 0.128 e. The van der Waals surface area contributed by atoms with Crippen LogP contribution in [0.3, 0.4) is 0 Å². The van der Waals surface area contributed by atoms with Crippen molar-refractivity contribution >= 4 is 22.2 Å². The Bertz CT molecular complexity index is 395. The van der Waals surface area contributed by atoms with Gasteiger partial charge in [0.15, 0.2) is 0 Å². The summed E-state index contributed by atoms with van der Waals surface area (Å²) in [7, 11) is 1.69. The molecule has 0 amide bonds. The molecule has 0 aliphatic rings. The molecule has 0 spiro atoms. The van der Waals surface area contributed by atoms with Crippen molar-refractivity contribution in [2.75, 3.05) is 25.7 Å². The molecule has 0 heterocycles. The molecule has 1 atom stereocenters. The van der Waals surface area contributed by atoms with E-state index in [1.807, 2.05) is 26.0 Å². The quantitative estimate of drug-likeness (QED) is 0.417. The van der Waals surface area contributed by atoms with Crippen molar-refractivity contribution in [2.24, 2.45) is 0 Å². The molecular formula is C15H21BrO3. The van der Waals surface area contributed by atoms with Crippen LogP contribution in [0, 0.1) is 13.8 Å². The highest BCUT2D eigenvalue weighted by Gasteiger charge is 2.13. The van der Waals surface area contributed by atoms with Crippen molar-refractivity contribution in [1.82, 2.24) is 0 Å². The zero-order valence-corrected chi connectivity index (χ0v) is 13.3. The summed E-state index contributed by atoms with van der Waals surface area (Å²) in [6, 6.07) is 4.05. The molecule has 0 aliphatic carbocycles. The Hall–Kier alpha value is -0.870. The highest BCUT2D eigenvalue weighted by Crippen LogP contribution is 2.28. The normalized spacial score (nSPS) is 12.2. The molecule has 1 aromatic carbocycles. The van der Waals surface area contributed by atoms with E-state index in [9.17, 15) is 4.79 Å². The number of carbonyl (C=O) groups excluding carboxylic acids is 1. The maximum atomic E-state index is 11.0. The van der Waals surface area contributed by atoms with Gasteiger partial charge in [-0.25, -0.2) is 0 Å². The van der Waals surface area contributed by atoms with Crippen LogP contribution in [0.25, 0.3) is 0 Å². The summed E-state index contributed by atoms with van der Waals surface area (Å²) in [6.45, 7) is 5.37. The minimum Gasteiger partial charge on any atom is -0.493 e. The average molecular weight is 329 g/mol. The van der Waals surface area contributed by atoms with E-state index in [2.05, 4.69) is 15.9 Å². The minimum atomic E-state index is -0.0973. The molecule has 106 valence electrons. The third-order valence-corrected chi connectivity index (χ3v) is 3.68. The fourth-order valence-electron chi connectivity index (χ4n) is 2.01. The fourth-order valence-corrected chi connectivity index (χ4v) is 2.53. The van der Waals surface area contributed by atoms with Gasteiger partial charge < -0.3 is 14.3 Å². The topological polar surface area (TPSA) is 35.5 Å². The van der Waals surface area contributed by atoms with E-state index in [-0.39, 0.29) is 5.92 Å². The molecule has 19 heavy (non-hydrogen) atoms. The first-order chi connectivity index (χ1) is 9.13. The van der Waals surface area contributed by atoms with Crippen LogP contribution < -0.4 is 4.74 Å². The summed E-state index contributed by atoms with van der Waals surface area (Å²) in [5.74, 6) is 0.819. The van der Waals surface area contributed by atoms with Crippen LogP contribution in [-0.2, 0) is 9.53 Å². The Morgan fingerprint density at radius 1 is 1.26 bits per heavy atom. The van der Waals surface area contributed by atoms with Crippen molar-refractivity contribution in [3.63, 3.8) is 0 Å². The van der Waals surface area contributed by atoms with E-state index in [1.54, 1.807) is 7.11 Å². The summed E-state index contributed by atoms with van der Waals surface area (Å²) < 4.78 is 10.8. The van der Waals surface area contributed by atoms with E-state index >= 15 is 0 Å². The first-order valence-corrected chi connectivity index (χ1v) is 7.50. The summed E-state index contributed by atoms with van der Waals surface area (Å²) in [6.07, 6.45) is 1.84. The molecule has 0 radical (unpaired) electrons. The minimum absolute atomic E-state index is 0.0973. The van der Waals surface area contributed by atoms with Gasteiger partial charge >= 0.3 is 0 Å². The molecule has 0 N–H and O–H groups in total. The molecule has 0 aliphatic heterocycles. The number of benzene rings is 1. The highest BCUT2D eigenvalue weighted by molar-refractivity contribution is 9.09. The van der Waals surface area contributed by atoms with Crippen LogP contribution in [0.15, 0.2) is 12.1 Å². The molecule has 0 saturated carbocycles. The van der Waals surface area contributed by atoms with Crippen LogP contribution in [-0.4, -0.2) is 31.9 Å². The van der Waals surface area contributed by atoms with Crippen LogP contribution in [0.2, 0.25) is 0 Å². The Balaban J connectivity index is 2.82. The Kier molecular flexibility index (Phi) is 7.10. The Labute approximate surface area is 123 Å². The van der Waals surface area contributed by atoms with E-state index < -0.39 is 0 Å². The molecule has 3 nitrogen and oxygen atoms in total. The molecule has 0 bridgehead atoms. The molecule has 0 saturated heterocycles. The number of methoxy groups -OCH3 is 1. The van der Waals surface area contributed by atoms with E-state index in [0.29, 0.717) is 18.5 Å². The van der Waals surface area contributed by atoms with E-state index in [1.165, 1.54) is 0 Å². The lowest BCUT2D eigenvalue weighted by Crippen LogP contribution is -2.06. The Morgan fingerprint density at radius 2 is 1.89 bits per heavy atom. The second-order valence-electron chi connectivity index (χ2n) is 4.58. The average Bonchev–Trinajstić information content (AvgIpc) is 2.38. The van der Waals surface area contributed by atoms with Crippen LogP contribution in [0.5, 0.6) is 5.75 Å². The highest BCUT2D eigenvalue weighted by atomic mass is 79.9. The van der Waals surface area contributed by atoms with Gasteiger partial charge in [-0.3, -0.25) is 0 Å². The van der Waals surface area contributed by atoms with Gasteiger partial charge in [0.05, 0.1) is 6.61 Å². The van der Waals surface area contributed by atoms with Crippen LogP contribution in [0.4, 0.5) is 0 Å². The van der Waals surface area contributed by atoms with Crippen molar-refractivity contribution in [1.29, 1.82) is 0 Å². The maximum Gasteiger partial charge on any atom is 0.128 e. The molecule has 1 unspecified atom stereocenters. The Morgan fingerprint density at radius 3 is 2.37 bits per heavy atom. The summed E-state index contributed by atoms with van der Waals surface area (Å²) in [4.78, 5) is 11.0. The zero-order chi connectivity index (χ0) is 14.3. The number of rotatable bonds is 8. The maximum absolute atomic E-state index is 11.0. The van der Waals surface area contributed by atoms with E-state index in [4.69, 9.17) is 9.47 Å². The molecule has 0 fully saturated rings. The summed E-state index contributed by atoms with van der Waals surface area (Å²) in [5, 5.41) is 0.642. The van der Waals surface area contributed by atoms with Crippen LogP contribution in [0.1, 0.15) is 29.0 Å². The summed E-state index contributed by atoms with van der Waals surface area (Å²) >= 11 is 3.36. The number of aldehydes is 1. The van der Waals surface area contributed by atoms with Crippen LogP contribution >= 0.6 is 15.9 Å². The molecule has 0 aromatic heterocycles. The van der Waals surface area contributed by atoms with Crippen molar-refractivity contribution < 1.29 is 14.3 Å². The van der Waals surface area contributed by atoms with Gasteiger partial charge in [0.1, 0.15) is 12.0 Å². The summed E-state index contributed by atoms with van der Waals surface area (Å²) in [5.41, 5.74) is 3.17. The third kappa shape index (κ3) is 4.62. The predicted octanol–water partition coefficient (Wildman–Crippen LogP) is 3.40. The van der Waals surface area contributed by atoms with Crippen molar-refractivity contribution in [3.8, 4) is 5.75 Å². The number of ether oxygens (including phenoxy) is 2.